The molecule has 2 heterocycles. The lowest BCUT2D eigenvalue weighted by Gasteiger charge is -2.01. The van der Waals surface area contributed by atoms with Crippen molar-refractivity contribution in [2.24, 2.45) is 0 Å². The van der Waals surface area contributed by atoms with Gasteiger partial charge >= 0.3 is 0 Å². The van der Waals surface area contributed by atoms with Crippen molar-refractivity contribution in [2.45, 2.75) is 45.4 Å². The molecule has 0 saturated heterocycles. The first kappa shape index (κ1) is 13.8. The van der Waals surface area contributed by atoms with Gasteiger partial charge < -0.3 is 14.5 Å². The predicted octanol–water partition coefficient (Wildman–Crippen LogP) is 3.06. The van der Waals surface area contributed by atoms with Crippen LogP contribution in [0.4, 0.5) is 0 Å². The zero-order valence-electron chi connectivity index (χ0n) is 11.7. The van der Waals surface area contributed by atoms with Crippen molar-refractivity contribution in [3.8, 4) is 0 Å². The van der Waals surface area contributed by atoms with Crippen molar-refractivity contribution in [1.29, 1.82) is 0 Å². The van der Waals surface area contributed by atoms with E-state index in [-0.39, 0.29) is 0 Å². The molecule has 1 fully saturated rings. The molecular formula is C15H20N2O2S. The molecule has 2 aromatic heterocycles. The van der Waals surface area contributed by atoms with Crippen LogP contribution in [0.2, 0.25) is 0 Å². The Bertz CT molecular complexity index is 546. The Morgan fingerprint density at radius 2 is 2.40 bits per heavy atom. The molecule has 1 N–H and O–H groups in total. The highest BCUT2D eigenvalue weighted by Crippen LogP contribution is 2.20. The fourth-order valence-electron chi connectivity index (χ4n) is 2.05. The molecule has 0 amide bonds. The summed E-state index contributed by atoms with van der Waals surface area (Å²) in [6.45, 7) is 4.19. The van der Waals surface area contributed by atoms with Crippen LogP contribution in [0, 0.1) is 6.92 Å². The van der Waals surface area contributed by atoms with Gasteiger partial charge in [0.15, 0.2) is 0 Å². The maximum absolute atomic E-state index is 5.66. The van der Waals surface area contributed by atoms with Crippen LogP contribution in [0.15, 0.2) is 22.3 Å². The van der Waals surface area contributed by atoms with Crippen molar-refractivity contribution in [3.63, 3.8) is 0 Å². The van der Waals surface area contributed by atoms with Gasteiger partial charge in [0.25, 0.3) is 0 Å². The molecular weight excluding hydrogens is 272 g/mol. The minimum absolute atomic E-state index is 0.543. The number of aryl methyl sites for hydroxylation is 1. The molecule has 0 aromatic carbocycles. The summed E-state index contributed by atoms with van der Waals surface area (Å²) in [7, 11) is 0. The van der Waals surface area contributed by atoms with Crippen LogP contribution in [-0.2, 0) is 24.3 Å². The number of nitrogens with zero attached hydrogens (tertiary/aromatic N) is 1. The van der Waals surface area contributed by atoms with E-state index >= 15 is 0 Å². The van der Waals surface area contributed by atoms with Crippen molar-refractivity contribution in [1.82, 2.24) is 10.3 Å². The van der Waals surface area contributed by atoms with Crippen molar-refractivity contribution in [2.75, 3.05) is 6.61 Å². The van der Waals surface area contributed by atoms with E-state index in [0.717, 1.165) is 30.5 Å². The Morgan fingerprint density at radius 3 is 3.15 bits per heavy atom. The van der Waals surface area contributed by atoms with Crippen molar-refractivity contribution in [3.05, 3.63) is 39.7 Å². The van der Waals surface area contributed by atoms with Gasteiger partial charge in [-0.15, -0.1) is 11.3 Å². The fourth-order valence-corrected chi connectivity index (χ4v) is 2.81. The van der Waals surface area contributed by atoms with Gasteiger partial charge in [0.05, 0.1) is 24.1 Å². The number of aromatic nitrogens is 1. The van der Waals surface area contributed by atoms with E-state index in [1.54, 1.807) is 11.3 Å². The molecule has 3 rings (SSSR count). The Kier molecular flexibility index (Phi) is 4.50. The zero-order valence-corrected chi connectivity index (χ0v) is 12.5. The molecule has 1 aliphatic carbocycles. The summed E-state index contributed by atoms with van der Waals surface area (Å²) >= 11 is 1.69. The van der Waals surface area contributed by atoms with Crippen LogP contribution in [0.3, 0.4) is 0 Å². The predicted molar refractivity (Wildman–Crippen MR) is 78.8 cm³/mol. The molecule has 4 nitrogen and oxygen atoms in total. The molecule has 0 aliphatic heterocycles. The van der Waals surface area contributed by atoms with Crippen LogP contribution in [0.1, 0.15) is 34.7 Å². The van der Waals surface area contributed by atoms with E-state index in [1.807, 2.05) is 18.7 Å². The van der Waals surface area contributed by atoms with E-state index in [0.29, 0.717) is 13.2 Å². The monoisotopic (exact) mass is 292 g/mol. The molecule has 0 spiro atoms. The lowest BCUT2D eigenvalue weighted by Crippen LogP contribution is -2.14. The average molecular weight is 292 g/mol. The molecule has 0 bridgehead atoms. The molecule has 2 aromatic rings. The topological polar surface area (TPSA) is 47.3 Å². The highest BCUT2D eigenvalue weighted by atomic mass is 32.1. The number of hydrogen-bond donors (Lipinski definition) is 1. The smallest absolute Gasteiger partial charge is 0.129 e. The van der Waals surface area contributed by atoms with Crippen LogP contribution in [0.5, 0.6) is 0 Å². The van der Waals surface area contributed by atoms with Gasteiger partial charge in [-0.05, 0) is 25.8 Å². The normalized spacial score (nSPS) is 14.8. The lowest BCUT2D eigenvalue weighted by atomic mass is 10.3. The summed E-state index contributed by atoms with van der Waals surface area (Å²) in [5, 5.41) is 3.47. The largest absolute Gasteiger partial charge is 0.467 e. The maximum Gasteiger partial charge on any atom is 0.129 e. The third-order valence-electron chi connectivity index (χ3n) is 3.44. The summed E-state index contributed by atoms with van der Waals surface area (Å²) in [5.41, 5.74) is 4.20. The van der Waals surface area contributed by atoms with Crippen LogP contribution >= 0.6 is 11.3 Å². The van der Waals surface area contributed by atoms with E-state index in [9.17, 15) is 0 Å². The Labute approximate surface area is 123 Å². The molecule has 0 radical (unpaired) electrons. The highest BCUT2D eigenvalue weighted by molar-refractivity contribution is 7.09. The summed E-state index contributed by atoms with van der Waals surface area (Å²) < 4.78 is 11.2. The second-order valence-corrected chi connectivity index (χ2v) is 6.18. The molecule has 0 unspecified atom stereocenters. The van der Waals surface area contributed by atoms with Gasteiger partial charge in [0.2, 0.25) is 0 Å². The molecule has 20 heavy (non-hydrogen) atoms. The Balaban J connectivity index is 1.36. The van der Waals surface area contributed by atoms with Crippen molar-refractivity contribution < 1.29 is 9.15 Å². The first-order valence-electron chi connectivity index (χ1n) is 7.07. The van der Waals surface area contributed by atoms with Gasteiger partial charge in [-0.2, -0.15) is 0 Å². The fraction of sp³-hybridized carbons (Fsp3) is 0.533. The molecule has 108 valence electrons. The third-order valence-corrected chi connectivity index (χ3v) is 4.44. The average Bonchev–Trinajstić information content (AvgIpc) is 3.03. The number of rotatable bonds is 8. The Hall–Kier alpha value is -1.17. The standard InChI is InChI=1S/C15H20N2O2S/c1-11-15(20-10-17-11)4-5-18-9-14-6-12(8-19-14)7-16-13-2-3-13/h6,8,10,13,16H,2-5,7,9H2,1H3. The minimum atomic E-state index is 0.543. The Morgan fingerprint density at radius 1 is 1.50 bits per heavy atom. The quantitative estimate of drug-likeness (QED) is 0.760. The SMILES string of the molecule is Cc1ncsc1CCOCc1cc(CNC2CC2)co1. The third kappa shape index (κ3) is 3.91. The number of hydrogen-bond acceptors (Lipinski definition) is 5. The van der Waals surface area contributed by atoms with Crippen LogP contribution in [-0.4, -0.2) is 17.6 Å². The van der Waals surface area contributed by atoms with E-state index < -0.39 is 0 Å². The van der Waals surface area contributed by atoms with Crippen LogP contribution in [0.25, 0.3) is 0 Å². The van der Waals surface area contributed by atoms with Gasteiger partial charge in [-0.25, -0.2) is 4.98 Å². The molecule has 1 saturated carbocycles. The van der Waals surface area contributed by atoms with Gasteiger partial charge in [-0.1, -0.05) is 0 Å². The molecule has 1 aliphatic rings. The second-order valence-electron chi connectivity index (χ2n) is 5.24. The molecule has 0 atom stereocenters. The first-order chi connectivity index (χ1) is 9.81. The molecule has 5 heteroatoms. The maximum atomic E-state index is 5.66. The summed E-state index contributed by atoms with van der Waals surface area (Å²) in [5.74, 6) is 0.902. The lowest BCUT2D eigenvalue weighted by molar-refractivity contribution is 0.109. The summed E-state index contributed by atoms with van der Waals surface area (Å²) in [4.78, 5) is 5.54. The van der Waals surface area contributed by atoms with Crippen molar-refractivity contribution >= 4 is 11.3 Å². The number of thiazole rings is 1. The number of ether oxygens (including phenoxy) is 1. The minimum Gasteiger partial charge on any atom is -0.467 e. The number of nitrogens with one attached hydrogen (secondary N) is 1. The van der Waals surface area contributed by atoms with E-state index in [2.05, 4.69) is 16.4 Å². The number of furan rings is 1. The van der Waals surface area contributed by atoms with Gasteiger partial charge in [-0.3, -0.25) is 0 Å². The summed E-state index contributed by atoms with van der Waals surface area (Å²) in [6, 6.07) is 2.81. The second kappa shape index (κ2) is 6.52. The van der Waals surface area contributed by atoms with E-state index in [1.165, 1.54) is 23.3 Å². The highest BCUT2D eigenvalue weighted by Gasteiger charge is 2.20. The van der Waals surface area contributed by atoms with Gasteiger partial charge in [0.1, 0.15) is 12.4 Å². The zero-order chi connectivity index (χ0) is 13.8. The van der Waals surface area contributed by atoms with E-state index in [4.69, 9.17) is 9.15 Å². The van der Waals surface area contributed by atoms with Crippen LogP contribution < -0.4 is 5.32 Å². The summed E-state index contributed by atoms with van der Waals surface area (Å²) in [6.07, 6.45) is 5.37. The van der Waals surface area contributed by atoms with Gasteiger partial charge in [0, 0.05) is 29.4 Å². The first-order valence-corrected chi connectivity index (χ1v) is 7.95.